The molecule has 2 heterocycles. The van der Waals surface area contributed by atoms with Gasteiger partial charge in [-0.3, -0.25) is 0 Å². The molecule has 1 aliphatic heterocycles. The van der Waals surface area contributed by atoms with Crippen molar-refractivity contribution in [3.63, 3.8) is 0 Å². The summed E-state index contributed by atoms with van der Waals surface area (Å²) in [5, 5.41) is 3.33. The number of piperazine rings is 1. The summed E-state index contributed by atoms with van der Waals surface area (Å²) in [4.78, 5) is 13.8. The first-order valence-corrected chi connectivity index (χ1v) is 9.63. The van der Waals surface area contributed by atoms with Crippen LogP contribution in [0, 0.1) is 12.7 Å². The Morgan fingerprint density at radius 1 is 0.931 bits per heavy atom. The van der Waals surface area contributed by atoms with Gasteiger partial charge >= 0.3 is 0 Å². The van der Waals surface area contributed by atoms with Crippen LogP contribution in [0.25, 0.3) is 0 Å². The molecule has 0 spiro atoms. The second-order valence-corrected chi connectivity index (χ2v) is 6.97. The molecule has 29 heavy (non-hydrogen) atoms. The number of para-hydroxylation sites is 2. The lowest BCUT2D eigenvalue weighted by Gasteiger charge is -2.36. The van der Waals surface area contributed by atoms with E-state index in [0.29, 0.717) is 5.95 Å². The molecular weight excluding hydrogens is 369 g/mol. The number of benzene rings is 2. The zero-order valence-electron chi connectivity index (χ0n) is 16.6. The van der Waals surface area contributed by atoms with Gasteiger partial charge in [-0.1, -0.05) is 12.1 Å². The highest BCUT2D eigenvalue weighted by Gasteiger charge is 2.20. The molecule has 2 aromatic carbocycles. The Hall–Kier alpha value is -3.35. The Kier molecular flexibility index (Phi) is 5.46. The summed E-state index contributed by atoms with van der Waals surface area (Å²) in [6, 6.07) is 16.3. The summed E-state index contributed by atoms with van der Waals surface area (Å²) in [7, 11) is 1.65. The summed E-state index contributed by atoms with van der Waals surface area (Å²) in [5.74, 6) is 1.99. The third-order valence-corrected chi connectivity index (χ3v) is 4.97. The highest BCUT2D eigenvalue weighted by Crippen LogP contribution is 2.27. The van der Waals surface area contributed by atoms with Gasteiger partial charge in [0.1, 0.15) is 17.4 Å². The number of halogens is 1. The molecule has 1 aromatic heterocycles. The largest absolute Gasteiger partial charge is 0.495 e. The van der Waals surface area contributed by atoms with E-state index in [2.05, 4.69) is 20.1 Å². The van der Waals surface area contributed by atoms with Crippen molar-refractivity contribution in [1.29, 1.82) is 0 Å². The van der Waals surface area contributed by atoms with Gasteiger partial charge in [0.2, 0.25) is 5.95 Å². The minimum absolute atomic E-state index is 0.212. The van der Waals surface area contributed by atoms with Crippen molar-refractivity contribution in [3.05, 3.63) is 66.1 Å². The fraction of sp³-hybridized carbons (Fsp3) is 0.273. The SMILES string of the molecule is COc1ccccc1Nc1cc(C)nc(N2CCN(c3ccc(F)cc3)CC2)n1. The molecule has 150 valence electrons. The van der Waals surface area contributed by atoms with Crippen LogP contribution in [-0.4, -0.2) is 43.3 Å². The Bertz CT molecular complexity index is 971. The van der Waals surface area contributed by atoms with E-state index < -0.39 is 0 Å². The lowest BCUT2D eigenvalue weighted by atomic mass is 10.2. The topological polar surface area (TPSA) is 53.5 Å². The van der Waals surface area contributed by atoms with Crippen molar-refractivity contribution in [2.24, 2.45) is 0 Å². The number of rotatable bonds is 5. The molecule has 4 rings (SSSR count). The number of ether oxygens (including phenoxy) is 1. The maximum absolute atomic E-state index is 13.2. The zero-order valence-corrected chi connectivity index (χ0v) is 16.6. The maximum atomic E-state index is 13.2. The second kappa shape index (κ2) is 8.34. The van der Waals surface area contributed by atoms with Crippen LogP contribution in [0.4, 0.5) is 27.5 Å². The number of hydrogen-bond donors (Lipinski definition) is 1. The number of hydrogen-bond acceptors (Lipinski definition) is 6. The van der Waals surface area contributed by atoms with Crippen molar-refractivity contribution in [2.75, 3.05) is 48.4 Å². The molecule has 3 aromatic rings. The highest BCUT2D eigenvalue weighted by atomic mass is 19.1. The van der Waals surface area contributed by atoms with Crippen LogP contribution in [0.3, 0.4) is 0 Å². The predicted molar refractivity (Wildman–Crippen MR) is 114 cm³/mol. The lowest BCUT2D eigenvalue weighted by Crippen LogP contribution is -2.47. The molecule has 1 aliphatic rings. The molecule has 0 amide bonds. The van der Waals surface area contributed by atoms with E-state index in [1.807, 2.05) is 49.4 Å². The third kappa shape index (κ3) is 4.39. The monoisotopic (exact) mass is 393 g/mol. The molecule has 1 saturated heterocycles. The van der Waals surface area contributed by atoms with E-state index in [1.54, 1.807) is 7.11 Å². The van der Waals surface area contributed by atoms with E-state index in [4.69, 9.17) is 9.72 Å². The molecule has 0 saturated carbocycles. The smallest absolute Gasteiger partial charge is 0.227 e. The number of aromatic nitrogens is 2. The first-order valence-electron chi connectivity index (χ1n) is 9.63. The van der Waals surface area contributed by atoms with Gasteiger partial charge in [0.25, 0.3) is 0 Å². The number of anilines is 4. The van der Waals surface area contributed by atoms with Gasteiger partial charge in [-0.2, -0.15) is 4.98 Å². The molecule has 0 radical (unpaired) electrons. The number of aryl methyl sites for hydroxylation is 1. The zero-order chi connectivity index (χ0) is 20.2. The van der Waals surface area contributed by atoms with Crippen LogP contribution in [0.1, 0.15) is 5.69 Å². The van der Waals surface area contributed by atoms with Crippen LogP contribution in [0.5, 0.6) is 5.75 Å². The van der Waals surface area contributed by atoms with Crippen LogP contribution < -0.4 is 19.9 Å². The van der Waals surface area contributed by atoms with Gasteiger partial charge in [-0.25, -0.2) is 9.37 Å². The molecular formula is C22H24FN5O. The lowest BCUT2D eigenvalue weighted by molar-refractivity contribution is 0.417. The average Bonchev–Trinajstić information content (AvgIpc) is 2.74. The first kappa shape index (κ1) is 19.0. The molecule has 0 unspecified atom stereocenters. The van der Waals surface area contributed by atoms with Crippen LogP contribution in [0.2, 0.25) is 0 Å². The molecule has 0 bridgehead atoms. The summed E-state index contributed by atoms with van der Waals surface area (Å²) < 4.78 is 18.6. The number of methoxy groups -OCH3 is 1. The van der Waals surface area contributed by atoms with Gasteiger partial charge in [0, 0.05) is 43.6 Å². The highest BCUT2D eigenvalue weighted by molar-refractivity contribution is 5.65. The van der Waals surface area contributed by atoms with Crippen molar-refractivity contribution in [1.82, 2.24) is 9.97 Å². The molecule has 1 fully saturated rings. The Balaban J connectivity index is 1.47. The van der Waals surface area contributed by atoms with E-state index >= 15 is 0 Å². The Labute approximate surface area is 170 Å². The minimum Gasteiger partial charge on any atom is -0.495 e. The van der Waals surface area contributed by atoms with Crippen molar-refractivity contribution >= 4 is 23.1 Å². The van der Waals surface area contributed by atoms with Gasteiger partial charge in [0.05, 0.1) is 12.8 Å². The summed E-state index contributed by atoms with van der Waals surface area (Å²) in [5.41, 5.74) is 2.79. The molecule has 1 N–H and O–H groups in total. The van der Waals surface area contributed by atoms with Crippen LogP contribution >= 0.6 is 0 Å². The van der Waals surface area contributed by atoms with Crippen molar-refractivity contribution < 1.29 is 9.13 Å². The standard InChI is InChI=1S/C22H24FN5O/c1-16-15-21(25-19-5-3-4-6-20(19)29-2)26-22(24-16)28-13-11-27(12-14-28)18-9-7-17(23)8-10-18/h3-10,15H,11-14H2,1-2H3,(H,24,25,26). The van der Waals surface area contributed by atoms with Gasteiger partial charge in [-0.05, 0) is 43.3 Å². The maximum Gasteiger partial charge on any atom is 0.227 e. The Morgan fingerprint density at radius 2 is 1.62 bits per heavy atom. The average molecular weight is 393 g/mol. The summed E-state index contributed by atoms with van der Waals surface area (Å²) in [6.45, 7) is 5.23. The van der Waals surface area contributed by atoms with E-state index in [1.165, 1.54) is 12.1 Å². The van der Waals surface area contributed by atoms with Crippen LogP contribution in [0.15, 0.2) is 54.6 Å². The van der Waals surface area contributed by atoms with Gasteiger partial charge in [0.15, 0.2) is 0 Å². The second-order valence-electron chi connectivity index (χ2n) is 6.97. The molecule has 0 atom stereocenters. The number of nitrogens with one attached hydrogen (secondary N) is 1. The first-order chi connectivity index (χ1) is 14.1. The predicted octanol–water partition coefficient (Wildman–Crippen LogP) is 4.00. The van der Waals surface area contributed by atoms with E-state index in [9.17, 15) is 4.39 Å². The van der Waals surface area contributed by atoms with Gasteiger partial charge < -0.3 is 19.9 Å². The third-order valence-electron chi connectivity index (χ3n) is 4.97. The fourth-order valence-electron chi connectivity index (χ4n) is 3.46. The fourth-order valence-corrected chi connectivity index (χ4v) is 3.46. The van der Waals surface area contributed by atoms with Crippen molar-refractivity contribution in [2.45, 2.75) is 6.92 Å². The molecule has 6 nitrogen and oxygen atoms in total. The van der Waals surface area contributed by atoms with E-state index in [-0.39, 0.29) is 5.82 Å². The Morgan fingerprint density at radius 3 is 2.34 bits per heavy atom. The normalized spacial score (nSPS) is 14.0. The van der Waals surface area contributed by atoms with Crippen molar-refractivity contribution in [3.8, 4) is 5.75 Å². The van der Waals surface area contributed by atoms with E-state index in [0.717, 1.165) is 54.8 Å². The quantitative estimate of drug-likeness (QED) is 0.707. The summed E-state index contributed by atoms with van der Waals surface area (Å²) in [6.07, 6.45) is 0. The molecule has 7 heteroatoms. The van der Waals surface area contributed by atoms with Gasteiger partial charge in [-0.15, -0.1) is 0 Å². The minimum atomic E-state index is -0.212. The number of nitrogens with zero attached hydrogens (tertiary/aromatic N) is 4. The summed E-state index contributed by atoms with van der Waals surface area (Å²) >= 11 is 0. The molecule has 0 aliphatic carbocycles. The van der Waals surface area contributed by atoms with Crippen LogP contribution in [-0.2, 0) is 0 Å².